The molecule has 3 unspecified atom stereocenters. The molecule has 42 heavy (non-hydrogen) atoms. The first-order chi connectivity index (χ1) is 20.4. The number of nitrogens with zero attached hydrogens (tertiary/aromatic N) is 4. The number of rotatable bonds is 6. The van der Waals surface area contributed by atoms with Crippen LogP contribution in [0.5, 0.6) is 0 Å². The molecule has 8 nitrogen and oxygen atoms in total. The van der Waals surface area contributed by atoms with E-state index in [1.807, 2.05) is 30.3 Å². The lowest BCUT2D eigenvalue weighted by Gasteiger charge is -2.48. The topological polar surface area (TPSA) is 72.0 Å². The molecule has 0 aliphatic carbocycles. The quantitative estimate of drug-likeness (QED) is 0.176. The number of ether oxygens (including phenoxy) is 4. The average Bonchev–Trinajstić information content (AvgIpc) is 3.49. The van der Waals surface area contributed by atoms with Gasteiger partial charge in [0.1, 0.15) is 35.5 Å². The molecule has 3 heterocycles. The molecule has 0 saturated carbocycles. The maximum atomic E-state index is 14.0. The molecule has 0 N–H and O–H groups in total. The molecule has 2 aliphatic heterocycles. The van der Waals surface area contributed by atoms with Crippen LogP contribution in [0.2, 0.25) is 5.02 Å². The number of benzene rings is 3. The fourth-order valence-corrected chi connectivity index (χ4v) is 6.57. The molecular weight excluding hydrogens is 593 g/mol. The fourth-order valence-electron chi connectivity index (χ4n) is 5.05. The Morgan fingerprint density at radius 3 is 2.55 bits per heavy atom. The minimum atomic E-state index is -1.57. The number of halogens is 4. The summed E-state index contributed by atoms with van der Waals surface area (Å²) in [5, 5.41) is 8.84. The molecule has 1 aromatic heterocycles. The van der Waals surface area contributed by atoms with Crippen LogP contribution in [0.1, 0.15) is 17.9 Å². The van der Waals surface area contributed by atoms with Gasteiger partial charge in [0.05, 0.1) is 19.4 Å². The fraction of sp³-hybridized carbons (Fsp3) is 0.276. The summed E-state index contributed by atoms with van der Waals surface area (Å²) in [6.45, 7) is 7.75. The third kappa shape index (κ3) is 5.51. The molecule has 6 rings (SSSR count). The molecule has 6 atom stereocenters. The molecule has 0 bridgehead atoms. The van der Waals surface area contributed by atoms with Crippen molar-refractivity contribution in [1.29, 1.82) is 0 Å². The standard InChI is InChI=1S/C29H22ClF3N4O4S/c1-34-20-9-8-17(30)12-23(20)42-29-27(38-2)25(26-22(40-29)14-39-28(41-26)15-6-4-3-5-7-15)37-13-21(35-36-37)16-10-18(31)24(33)19(32)11-16/h3-13,22,25-29H,14H2,2H3/t22?,25?,26-,27-,28?,29+/m0/s1. The second-order valence-electron chi connectivity index (χ2n) is 9.59. The van der Waals surface area contributed by atoms with E-state index < -0.39 is 53.5 Å². The van der Waals surface area contributed by atoms with Crippen LogP contribution in [0, 0.1) is 24.0 Å². The van der Waals surface area contributed by atoms with Crippen LogP contribution in [-0.2, 0) is 18.9 Å². The Balaban J connectivity index is 1.39. The van der Waals surface area contributed by atoms with Crippen molar-refractivity contribution < 1.29 is 32.1 Å². The van der Waals surface area contributed by atoms with Crippen LogP contribution >= 0.6 is 23.4 Å². The first-order valence-corrected chi connectivity index (χ1v) is 14.0. The molecular formula is C29H22ClF3N4O4S. The van der Waals surface area contributed by atoms with E-state index in [-0.39, 0.29) is 17.9 Å². The van der Waals surface area contributed by atoms with Gasteiger partial charge >= 0.3 is 0 Å². The Hall–Kier alpha value is -3.44. The maximum absolute atomic E-state index is 14.0. The zero-order chi connectivity index (χ0) is 29.4. The summed E-state index contributed by atoms with van der Waals surface area (Å²) in [6, 6.07) is 15.4. The third-order valence-electron chi connectivity index (χ3n) is 7.03. The summed E-state index contributed by atoms with van der Waals surface area (Å²) in [5.41, 5.74) is 0.653. The van der Waals surface area contributed by atoms with Crippen molar-refractivity contribution in [1.82, 2.24) is 15.0 Å². The smallest absolute Gasteiger partial charge is 0.200 e. The normalized spacial score (nSPS) is 25.5. The van der Waals surface area contributed by atoms with Crippen molar-refractivity contribution in [3.05, 3.63) is 106 Å². The molecule has 3 aromatic carbocycles. The van der Waals surface area contributed by atoms with Crippen molar-refractivity contribution >= 4 is 29.1 Å². The lowest BCUT2D eigenvalue weighted by atomic mass is 9.95. The summed E-state index contributed by atoms with van der Waals surface area (Å²) < 4.78 is 68.0. The Bertz CT molecular complexity index is 1620. The van der Waals surface area contributed by atoms with E-state index in [9.17, 15) is 13.2 Å². The summed E-state index contributed by atoms with van der Waals surface area (Å²) in [5.74, 6) is -4.25. The van der Waals surface area contributed by atoms with E-state index in [0.717, 1.165) is 17.7 Å². The van der Waals surface area contributed by atoms with Crippen LogP contribution in [0.3, 0.4) is 0 Å². The van der Waals surface area contributed by atoms with Gasteiger partial charge in [0, 0.05) is 28.2 Å². The molecule has 2 fully saturated rings. The summed E-state index contributed by atoms with van der Waals surface area (Å²) >= 11 is 7.50. The van der Waals surface area contributed by atoms with Crippen LogP contribution in [-0.4, -0.2) is 52.5 Å². The first-order valence-electron chi connectivity index (χ1n) is 12.8. The van der Waals surface area contributed by atoms with Gasteiger partial charge in [-0.2, -0.15) is 0 Å². The van der Waals surface area contributed by atoms with Gasteiger partial charge in [-0.1, -0.05) is 59.3 Å². The minimum absolute atomic E-state index is 0.0110. The number of aromatic nitrogens is 3. The zero-order valence-corrected chi connectivity index (χ0v) is 23.4. The van der Waals surface area contributed by atoms with E-state index in [1.165, 1.54) is 29.8 Å². The number of hydrogen-bond acceptors (Lipinski definition) is 7. The third-order valence-corrected chi connectivity index (χ3v) is 8.46. The Morgan fingerprint density at radius 1 is 1.07 bits per heavy atom. The highest BCUT2D eigenvalue weighted by Crippen LogP contribution is 2.46. The summed E-state index contributed by atoms with van der Waals surface area (Å²) in [4.78, 5) is 4.19. The monoisotopic (exact) mass is 614 g/mol. The highest BCUT2D eigenvalue weighted by molar-refractivity contribution is 8.00. The number of methoxy groups -OCH3 is 1. The van der Waals surface area contributed by atoms with Gasteiger partial charge in [0.2, 0.25) is 5.69 Å². The first kappa shape index (κ1) is 28.7. The van der Waals surface area contributed by atoms with Gasteiger partial charge in [0.25, 0.3) is 0 Å². The molecule has 2 aliphatic rings. The van der Waals surface area contributed by atoms with Crippen molar-refractivity contribution in [2.24, 2.45) is 0 Å². The average molecular weight is 615 g/mol. The van der Waals surface area contributed by atoms with Crippen LogP contribution in [0.15, 0.2) is 71.8 Å². The zero-order valence-electron chi connectivity index (χ0n) is 21.9. The Morgan fingerprint density at radius 2 is 1.83 bits per heavy atom. The SMILES string of the molecule is [C-]#[N+]c1ccc(Cl)cc1S[C@H]1OC2COC(c3ccccc3)O[C@@H]2C(n2cc(-c3cc(F)c(F)c(F)c3)nn2)[C@@H]1OC. The second-order valence-corrected chi connectivity index (χ2v) is 11.2. The molecule has 0 radical (unpaired) electrons. The second kappa shape index (κ2) is 12.0. The predicted octanol–water partition coefficient (Wildman–Crippen LogP) is 6.75. The Kier molecular flexibility index (Phi) is 8.22. The number of thioether (sulfide) groups is 1. The molecule has 0 amide bonds. The number of fused-ring (bicyclic) bond motifs is 1. The molecule has 4 aromatic rings. The van der Waals surface area contributed by atoms with E-state index in [4.69, 9.17) is 37.1 Å². The molecule has 216 valence electrons. The predicted molar refractivity (Wildman–Crippen MR) is 147 cm³/mol. The van der Waals surface area contributed by atoms with Crippen LogP contribution in [0.25, 0.3) is 16.1 Å². The summed E-state index contributed by atoms with van der Waals surface area (Å²) in [6.07, 6.45) is -1.15. The lowest BCUT2D eigenvalue weighted by molar-refractivity contribution is -0.308. The van der Waals surface area contributed by atoms with E-state index in [2.05, 4.69) is 15.2 Å². The van der Waals surface area contributed by atoms with E-state index >= 15 is 0 Å². The van der Waals surface area contributed by atoms with Gasteiger partial charge in [-0.25, -0.2) is 22.7 Å². The molecule has 0 spiro atoms. The van der Waals surface area contributed by atoms with Gasteiger partial charge < -0.3 is 18.9 Å². The van der Waals surface area contributed by atoms with Crippen molar-refractivity contribution in [2.75, 3.05) is 13.7 Å². The lowest BCUT2D eigenvalue weighted by Crippen LogP contribution is -2.59. The molecule has 13 heteroatoms. The largest absolute Gasteiger partial charge is 0.375 e. The summed E-state index contributed by atoms with van der Waals surface area (Å²) in [7, 11) is 1.51. The number of hydrogen-bond donors (Lipinski definition) is 0. The Labute approximate surface area is 248 Å². The van der Waals surface area contributed by atoms with Crippen molar-refractivity contribution in [3.8, 4) is 11.3 Å². The highest BCUT2D eigenvalue weighted by atomic mass is 35.5. The minimum Gasteiger partial charge on any atom is -0.375 e. The van der Waals surface area contributed by atoms with E-state index in [1.54, 1.807) is 18.2 Å². The highest BCUT2D eigenvalue weighted by Gasteiger charge is 2.52. The van der Waals surface area contributed by atoms with Gasteiger partial charge in [-0.05, 0) is 18.2 Å². The van der Waals surface area contributed by atoms with E-state index in [0.29, 0.717) is 15.6 Å². The maximum Gasteiger partial charge on any atom is 0.200 e. The van der Waals surface area contributed by atoms with Crippen LogP contribution in [0.4, 0.5) is 18.9 Å². The molecule has 2 saturated heterocycles. The van der Waals surface area contributed by atoms with Crippen LogP contribution < -0.4 is 0 Å². The van der Waals surface area contributed by atoms with Crippen molar-refractivity contribution in [2.45, 2.75) is 41.0 Å². The van der Waals surface area contributed by atoms with Gasteiger partial charge in [0.15, 0.2) is 23.7 Å². The van der Waals surface area contributed by atoms with Gasteiger partial charge in [-0.15, -0.1) is 16.9 Å². The van der Waals surface area contributed by atoms with Crippen molar-refractivity contribution in [3.63, 3.8) is 0 Å². The van der Waals surface area contributed by atoms with Gasteiger partial charge in [-0.3, -0.25) is 0 Å².